The maximum atomic E-state index is 13.2. The van der Waals surface area contributed by atoms with Crippen LogP contribution in [-0.4, -0.2) is 22.4 Å². The van der Waals surface area contributed by atoms with E-state index in [2.05, 4.69) is 4.99 Å². The minimum Gasteiger partial charge on any atom is -0.344 e. The number of nitro groups is 1. The number of rotatable bonds is 4. The second-order valence-electron chi connectivity index (χ2n) is 5.25. The summed E-state index contributed by atoms with van der Waals surface area (Å²) in [6.07, 6.45) is 2.18. The van der Waals surface area contributed by atoms with Crippen molar-refractivity contribution in [3.05, 3.63) is 68.5 Å². The number of benzene rings is 2. The molecule has 0 saturated heterocycles. The first-order chi connectivity index (χ1) is 11.5. The molecule has 1 unspecified atom stereocenters. The van der Waals surface area contributed by atoms with Crippen LogP contribution in [0.5, 0.6) is 0 Å². The molecule has 1 heterocycles. The Morgan fingerprint density at radius 2 is 2.12 bits per heavy atom. The predicted octanol–water partition coefficient (Wildman–Crippen LogP) is 3.80. The lowest BCUT2D eigenvalue weighted by Gasteiger charge is -2.30. The number of hydrogen-bond donors (Lipinski definition) is 0. The van der Waals surface area contributed by atoms with Gasteiger partial charge in [0, 0.05) is 24.2 Å². The number of nitrogens with zero attached hydrogens (tertiary/aromatic N) is 3. The Hall–Kier alpha value is -2.80. The molecule has 0 aromatic heterocycles. The summed E-state index contributed by atoms with van der Waals surface area (Å²) < 4.78 is 13.2. The topological polar surface area (TPSA) is 75.8 Å². The highest BCUT2D eigenvalue weighted by atomic mass is 35.5. The molecule has 8 heteroatoms. The van der Waals surface area contributed by atoms with Crippen molar-refractivity contribution in [3.63, 3.8) is 0 Å². The third-order valence-electron chi connectivity index (χ3n) is 3.72. The van der Waals surface area contributed by atoms with Gasteiger partial charge in [0.1, 0.15) is 18.1 Å². The van der Waals surface area contributed by atoms with Crippen molar-refractivity contribution in [2.75, 3.05) is 0 Å². The molecule has 2 aromatic rings. The van der Waals surface area contributed by atoms with Crippen LogP contribution in [0.3, 0.4) is 0 Å². The number of non-ortho nitro benzene ring substituents is 1. The standard InChI is InChI=1S/C16H11ClFN3O3/c17-13-5-10(1-3-14(13)18)7-20-9-19-15-4-2-11(21(23)24)6-12(15)16(20)8-22/h1-6,8-9,16H,7H2. The summed E-state index contributed by atoms with van der Waals surface area (Å²) in [6.45, 7) is 0.259. The fraction of sp³-hybridized carbons (Fsp3) is 0.125. The van der Waals surface area contributed by atoms with Gasteiger partial charge in [-0.25, -0.2) is 9.38 Å². The number of aliphatic imine (C=N–C) groups is 1. The number of halogens is 2. The van der Waals surface area contributed by atoms with Gasteiger partial charge in [-0.05, 0) is 23.8 Å². The Balaban J connectivity index is 1.93. The smallest absolute Gasteiger partial charge is 0.269 e. The van der Waals surface area contributed by atoms with Crippen LogP contribution in [0, 0.1) is 15.9 Å². The molecule has 3 rings (SSSR count). The molecule has 0 radical (unpaired) electrons. The van der Waals surface area contributed by atoms with Gasteiger partial charge in [0.15, 0.2) is 0 Å². The molecule has 0 spiro atoms. The summed E-state index contributed by atoms with van der Waals surface area (Å²) in [5, 5.41) is 10.9. The zero-order chi connectivity index (χ0) is 17.3. The van der Waals surface area contributed by atoms with E-state index in [1.165, 1.54) is 36.7 Å². The van der Waals surface area contributed by atoms with E-state index in [1.807, 2.05) is 0 Å². The molecule has 0 bridgehead atoms. The third kappa shape index (κ3) is 2.98. The van der Waals surface area contributed by atoms with Crippen LogP contribution in [0.1, 0.15) is 17.2 Å². The molecule has 0 fully saturated rings. The zero-order valence-electron chi connectivity index (χ0n) is 12.2. The van der Waals surface area contributed by atoms with Gasteiger partial charge in [-0.3, -0.25) is 10.1 Å². The molecule has 0 N–H and O–H groups in total. The number of fused-ring (bicyclic) bond motifs is 1. The predicted molar refractivity (Wildman–Crippen MR) is 87.0 cm³/mol. The van der Waals surface area contributed by atoms with E-state index >= 15 is 0 Å². The maximum absolute atomic E-state index is 13.2. The van der Waals surface area contributed by atoms with Crippen molar-refractivity contribution in [1.29, 1.82) is 0 Å². The van der Waals surface area contributed by atoms with E-state index < -0.39 is 16.8 Å². The molecule has 24 heavy (non-hydrogen) atoms. The van der Waals surface area contributed by atoms with Crippen LogP contribution in [0.4, 0.5) is 15.8 Å². The van der Waals surface area contributed by atoms with Gasteiger partial charge in [-0.1, -0.05) is 17.7 Å². The van der Waals surface area contributed by atoms with Gasteiger partial charge >= 0.3 is 0 Å². The number of carbonyl (C=O) groups is 1. The fourth-order valence-corrected chi connectivity index (χ4v) is 2.74. The van der Waals surface area contributed by atoms with E-state index in [9.17, 15) is 19.3 Å². The molecule has 2 aromatic carbocycles. The quantitative estimate of drug-likeness (QED) is 0.479. The molecule has 1 atom stereocenters. The minimum absolute atomic E-state index is 0.0138. The first kappa shape index (κ1) is 16.1. The minimum atomic E-state index is -0.721. The van der Waals surface area contributed by atoms with Crippen molar-refractivity contribution >= 4 is 35.6 Å². The van der Waals surface area contributed by atoms with Gasteiger partial charge in [0.25, 0.3) is 5.69 Å². The Morgan fingerprint density at radius 3 is 2.79 bits per heavy atom. The number of hydrogen-bond acceptors (Lipinski definition) is 5. The molecule has 122 valence electrons. The monoisotopic (exact) mass is 347 g/mol. The molecule has 0 amide bonds. The summed E-state index contributed by atoms with van der Waals surface area (Å²) in [5.41, 5.74) is 1.54. The third-order valence-corrected chi connectivity index (χ3v) is 4.01. The van der Waals surface area contributed by atoms with Crippen LogP contribution < -0.4 is 0 Å². The highest BCUT2D eigenvalue weighted by molar-refractivity contribution is 6.30. The summed E-state index contributed by atoms with van der Waals surface area (Å²) >= 11 is 5.77. The van der Waals surface area contributed by atoms with E-state index in [0.29, 0.717) is 23.1 Å². The van der Waals surface area contributed by atoms with Crippen molar-refractivity contribution < 1.29 is 14.1 Å². The molecule has 1 aliphatic heterocycles. The van der Waals surface area contributed by atoms with E-state index in [-0.39, 0.29) is 17.3 Å². The van der Waals surface area contributed by atoms with E-state index in [1.54, 1.807) is 11.0 Å². The zero-order valence-corrected chi connectivity index (χ0v) is 13.0. The second-order valence-corrected chi connectivity index (χ2v) is 5.65. The van der Waals surface area contributed by atoms with E-state index in [0.717, 1.165) is 0 Å². The van der Waals surface area contributed by atoms with E-state index in [4.69, 9.17) is 11.6 Å². The summed E-state index contributed by atoms with van der Waals surface area (Å²) in [5.74, 6) is -0.527. The van der Waals surface area contributed by atoms with Crippen LogP contribution in [0.15, 0.2) is 41.4 Å². The molecule has 1 aliphatic rings. The maximum Gasteiger partial charge on any atom is 0.269 e. The largest absolute Gasteiger partial charge is 0.344 e. The Bertz CT molecular complexity index is 856. The first-order valence-electron chi connectivity index (χ1n) is 6.97. The Kier molecular flexibility index (Phi) is 4.26. The van der Waals surface area contributed by atoms with Gasteiger partial charge in [-0.2, -0.15) is 0 Å². The van der Waals surface area contributed by atoms with Gasteiger partial charge in [0.05, 0.1) is 22.0 Å². The lowest BCUT2D eigenvalue weighted by atomic mass is 10.0. The molecular weight excluding hydrogens is 337 g/mol. The van der Waals surface area contributed by atoms with Crippen molar-refractivity contribution in [3.8, 4) is 0 Å². The van der Waals surface area contributed by atoms with Crippen molar-refractivity contribution in [2.24, 2.45) is 4.99 Å². The summed E-state index contributed by atoms with van der Waals surface area (Å²) in [7, 11) is 0. The molecule has 6 nitrogen and oxygen atoms in total. The number of nitro benzene ring substituents is 1. The van der Waals surface area contributed by atoms with Gasteiger partial charge in [0.2, 0.25) is 0 Å². The SMILES string of the molecule is O=CC1c2cc([N+](=O)[O-])ccc2N=CN1Cc1ccc(F)c(Cl)c1. The van der Waals surface area contributed by atoms with Crippen LogP contribution in [-0.2, 0) is 11.3 Å². The van der Waals surface area contributed by atoms with Crippen LogP contribution in [0.25, 0.3) is 0 Å². The van der Waals surface area contributed by atoms with Gasteiger partial charge < -0.3 is 9.69 Å². The average molecular weight is 348 g/mol. The molecular formula is C16H11ClFN3O3. The lowest BCUT2D eigenvalue weighted by molar-refractivity contribution is -0.384. The summed E-state index contributed by atoms with van der Waals surface area (Å²) in [4.78, 5) is 27.8. The normalized spacial score (nSPS) is 15.9. The number of aldehydes is 1. The first-order valence-corrected chi connectivity index (χ1v) is 7.35. The Labute approximate surface area is 141 Å². The lowest BCUT2D eigenvalue weighted by Crippen LogP contribution is -2.30. The second kappa shape index (κ2) is 6.37. The number of carbonyl (C=O) groups excluding carboxylic acids is 1. The molecule has 0 saturated carbocycles. The Morgan fingerprint density at radius 1 is 1.33 bits per heavy atom. The van der Waals surface area contributed by atoms with Crippen LogP contribution >= 0.6 is 11.6 Å². The van der Waals surface area contributed by atoms with Gasteiger partial charge in [-0.15, -0.1) is 0 Å². The molecule has 0 aliphatic carbocycles. The van der Waals surface area contributed by atoms with Crippen molar-refractivity contribution in [1.82, 2.24) is 4.90 Å². The van der Waals surface area contributed by atoms with Crippen LogP contribution in [0.2, 0.25) is 5.02 Å². The highest BCUT2D eigenvalue weighted by Gasteiger charge is 2.26. The summed E-state index contributed by atoms with van der Waals surface area (Å²) in [6, 6.07) is 7.74. The average Bonchev–Trinajstić information content (AvgIpc) is 2.57. The fourth-order valence-electron chi connectivity index (χ4n) is 2.54. The highest BCUT2D eigenvalue weighted by Crippen LogP contribution is 2.35. The van der Waals surface area contributed by atoms with Crippen molar-refractivity contribution in [2.45, 2.75) is 12.6 Å².